The lowest BCUT2D eigenvalue weighted by Crippen LogP contribution is -2.33. The topological polar surface area (TPSA) is 20.2 Å². The average molecular weight is 196 g/mol. The van der Waals surface area contributed by atoms with Crippen LogP contribution in [0.25, 0.3) is 0 Å². The molecule has 0 aromatic heterocycles. The number of hydrogen-bond donors (Lipinski definition) is 1. The van der Waals surface area contributed by atoms with Crippen LogP contribution in [0.3, 0.4) is 0 Å². The first-order valence-electron chi connectivity index (χ1n) is 6.01. The molecule has 2 fully saturated rings. The summed E-state index contributed by atoms with van der Waals surface area (Å²) in [4.78, 5) is 0. The summed E-state index contributed by atoms with van der Waals surface area (Å²) in [5.74, 6) is 1.60. The SMILES string of the molecule is CC1(C)CC(C)(C)C2CC(O)CCC21. The summed E-state index contributed by atoms with van der Waals surface area (Å²) in [5.41, 5.74) is 0.934. The van der Waals surface area contributed by atoms with Crippen LogP contribution in [0, 0.1) is 22.7 Å². The van der Waals surface area contributed by atoms with Gasteiger partial charge < -0.3 is 5.11 Å². The van der Waals surface area contributed by atoms with E-state index in [1.165, 1.54) is 12.8 Å². The highest BCUT2D eigenvalue weighted by Crippen LogP contribution is 2.61. The van der Waals surface area contributed by atoms with Crippen molar-refractivity contribution in [3.8, 4) is 0 Å². The summed E-state index contributed by atoms with van der Waals surface area (Å²) in [6, 6.07) is 0. The van der Waals surface area contributed by atoms with Gasteiger partial charge in [-0.3, -0.25) is 0 Å². The Morgan fingerprint density at radius 1 is 0.929 bits per heavy atom. The molecule has 2 rings (SSSR count). The lowest BCUT2D eigenvalue weighted by Gasteiger charge is -2.38. The van der Waals surface area contributed by atoms with Gasteiger partial charge in [0.15, 0.2) is 0 Å². The summed E-state index contributed by atoms with van der Waals surface area (Å²) in [7, 11) is 0. The van der Waals surface area contributed by atoms with E-state index in [0.29, 0.717) is 10.8 Å². The minimum absolute atomic E-state index is 0.0237. The van der Waals surface area contributed by atoms with E-state index in [1.54, 1.807) is 0 Å². The Bertz CT molecular complexity index is 229. The lowest BCUT2D eigenvalue weighted by atomic mass is 9.68. The molecule has 1 nitrogen and oxygen atoms in total. The van der Waals surface area contributed by atoms with Gasteiger partial charge in [0.2, 0.25) is 0 Å². The first kappa shape index (κ1) is 10.5. The third-order valence-corrected chi connectivity index (χ3v) is 4.74. The molecule has 0 saturated heterocycles. The summed E-state index contributed by atoms with van der Waals surface area (Å²) < 4.78 is 0. The highest BCUT2D eigenvalue weighted by molar-refractivity contribution is 5.03. The fourth-order valence-corrected chi connectivity index (χ4v) is 4.38. The highest BCUT2D eigenvalue weighted by Gasteiger charge is 2.53. The van der Waals surface area contributed by atoms with Crippen molar-refractivity contribution in [1.82, 2.24) is 0 Å². The number of hydrogen-bond acceptors (Lipinski definition) is 1. The minimum Gasteiger partial charge on any atom is -0.393 e. The molecule has 0 bridgehead atoms. The zero-order valence-electron chi connectivity index (χ0n) is 10.0. The molecular formula is C13H24O. The molecule has 1 N–H and O–H groups in total. The molecule has 0 aliphatic heterocycles. The van der Waals surface area contributed by atoms with Crippen LogP contribution in [0.2, 0.25) is 0 Å². The summed E-state index contributed by atoms with van der Waals surface area (Å²) >= 11 is 0. The smallest absolute Gasteiger partial charge is 0.0543 e. The summed E-state index contributed by atoms with van der Waals surface area (Å²) in [6.45, 7) is 9.60. The minimum atomic E-state index is -0.0237. The second-order valence-corrected chi connectivity index (χ2v) is 6.83. The van der Waals surface area contributed by atoms with Crippen molar-refractivity contribution < 1.29 is 5.11 Å². The normalized spacial score (nSPS) is 44.8. The Kier molecular flexibility index (Phi) is 2.23. The van der Waals surface area contributed by atoms with Crippen molar-refractivity contribution in [1.29, 1.82) is 0 Å². The maximum atomic E-state index is 9.76. The lowest BCUT2D eigenvalue weighted by molar-refractivity contribution is 0.0321. The number of fused-ring (bicyclic) bond motifs is 1. The first-order valence-corrected chi connectivity index (χ1v) is 6.01. The van der Waals surface area contributed by atoms with E-state index in [-0.39, 0.29) is 6.10 Å². The van der Waals surface area contributed by atoms with Gasteiger partial charge >= 0.3 is 0 Å². The largest absolute Gasteiger partial charge is 0.393 e. The van der Waals surface area contributed by atoms with E-state index in [4.69, 9.17) is 0 Å². The van der Waals surface area contributed by atoms with Crippen molar-refractivity contribution in [3.63, 3.8) is 0 Å². The second-order valence-electron chi connectivity index (χ2n) is 6.83. The van der Waals surface area contributed by atoms with Gasteiger partial charge in [0.1, 0.15) is 0 Å². The molecule has 1 heteroatoms. The monoisotopic (exact) mass is 196 g/mol. The van der Waals surface area contributed by atoms with Crippen molar-refractivity contribution >= 4 is 0 Å². The standard InChI is InChI=1S/C13H24O/c1-12(2)8-13(3,4)11-7-9(14)5-6-10(11)12/h9-11,14H,5-8H2,1-4H3. The summed E-state index contributed by atoms with van der Waals surface area (Å²) in [6.07, 6.45) is 4.61. The van der Waals surface area contributed by atoms with E-state index in [2.05, 4.69) is 27.7 Å². The maximum Gasteiger partial charge on any atom is 0.0543 e. The first-order chi connectivity index (χ1) is 6.33. The van der Waals surface area contributed by atoms with Gasteiger partial charge in [-0.25, -0.2) is 0 Å². The summed E-state index contributed by atoms with van der Waals surface area (Å²) in [5, 5.41) is 9.76. The predicted molar refractivity (Wildman–Crippen MR) is 59.0 cm³/mol. The molecule has 2 saturated carbocycles. The van der Waals surface area contributed by atoms with Gasteiger partial charge in [0.05, 0.1) is 6.10 Å². The Morgan fingerprint density at radius 3 is 2.14 bits per heavy atom. The van der Waals surface area contributed by atoms with Gasteiger partial charge in [-0.1, -0.05) is 27.7 Å². The average Bonchev–Trinajstić information content (AvgIpc) is 2.17. The van der Waals surface area contributed by atoms with Crippen LogP contribution in [-0.2, 0) is 0 Å². The molecule has 2 aliphatic rings. The molecule has 0 amide bonds. The van der Waals surface area contributed by atoms with Crippen molar-refractivity contribution in [2.24, 2.45) is 22.7 Å². The molecule has 3 unspecified atom stereocenters. The van der Waals surface area contributed by atoms with Crippen LogP contribution in [0.5, 0.6) is 0 Å². The van der Waals surface area contributed by atoms with Crippen LogP contribution in [0.1, 0.15) is 53.4 Å². The highest BCUT2D eigenvalue weighted by atomic mass is 16.3. The van der Waals surface area contributed by atoms with Crippen molar-refractivity contribution in [2.75, 3.05) is 0 Å². The van der Waals surface area contributed by atoms with Crippen LogP contribution in [0.15, 0.2) is 0 Å². The van der Waals surface area contributed by atoms with Gasteiger partial charge in [0, 0.05) is 0 Å². The maximum absolute atomic E-state index is 9.76. The van der Waals surface area contributed by atoms with E-state index in [0.717, 1.165) is 24.7 Å². The molecule has 0 radical (unpaired) electrons. The molecule has 3 atom stereocenters. The second kappa shape index (κ2) is 2.98. The van der Waals surface area contributed by atoms with E-state index in [9.17, 15) is 5.11 Å². The Balaban J connectivity index is 2.24. The van der Waals surface area contributed by atoms with Crippen LogP contribution >= 0.6 is 0 Å². The Labute approximate surface area is 87.9 Å². The third-order valence-electron chi connectivity index (χ3n) is 4.74. The van der Waals surface area contributed by atoms with Crippen LogP contribution in [0.4, 0.5) is 0 Å². The molecule has 0 aromatic carbocycles. The van der Waals surface area contributed by atoms with Crippen LogP contribution in [-0.4, -0.2) is 11.2 Å². The number of aliphatic hydroxyl groups excluding tert-OH is 1. The number of rotatable bonds is 0. The molecule has 0 spiro atoms. The van der Waals surface area contributed by atoms with Gasteiger partial charge in [-0.05, 0) is 48.3 Å². The van der Waals surface area contributed by atoms with Gasteiger partial charge in [-0.2, -0.15) is 0 Å². The zero-order valence-corrected chi connectivity index (χ0v) is 10.0. The van der Waals surface area contributed by atoms with E-state index >= 15 is 0 Å². The molecular weight excluding hydrogens is 172 g/mol. The molecule has 82 valence electrons. The molecule has 14 heavy (non-hydrogen) atoms. The van der Waals surface area contributed by atoms with Gasteiger partial charge in [-0.15, -0.1) is 0 Å². The third kappa shape index (κ3) is 1.50. The fraction of sp³-hybridized carbons (Fsp3) is 1.00. The molecule has 0 aromatic rings. The quantitative estimate of drug-likeness (QED) is 0.630. The fourth-order valence-electron chi connectivity index (χ4n) is 4.38. The Morgan fingerprint density at radius 2 is 1.50 bits per heavy atom. The van der Waals surface area contributed by atoms with Gasteiger partial charge in [0.25, 0.3) is 0 Å². The van der Waals surface area contributed by atoms with Crippen LogP contribution < -0.4 is 0 Å². The predicted octanol–water partition coefficient (Wildman–Crippen LogP) is 3.22. The molecule has 2 aliphatic carbocycles. The van der Waals surface area contributed by atoms with E-state index < -0.39 is 0 Å². The van der Waals surface area contributed by atoms with Crippen molar-refractivity contribution in [3.05, 3.63) is 0 Å². The van der Waals surface area contributed by atoms with E-state index in [1.807, 2.05) is 0 Å². The zero-order chi connectivity index (χ0) is 10.6. The number of aliphatic hydroxyl groups is 1. The Hall–Kier alpha value is -0.0400. The van der Waals surface area contributed by atoms with Crippen molar-refractivity contribution in [2.45, 2.75) is 59.5 Å². The molecule has 0 heterocycles.